The van der Waals surface area contributed by atoms with Gasteiger partial charge in [0.1, 0.15) is 12.0 Å². The monoisotopic (exact) mass is 216 g/mol. The average molecular weight is 216 g/mol. The van der Waals surface area contributed by atoms with Gasteiger partial charge in [0, 0.05) is 0 Å². The van der Waals surface area contributed by atoms with Crippen LogP contribution in [0.5, 0.6) is 0 Å². The zero-order valence-corrected chi connectivity index (χ0v) is 9.71. The number of unbranched alkanes of at least 4 members (excludes halogenated alkanes) is 2. The summed E-state index contributed by atoms with van der Waals surface area (Å²) in [4.78, 5) is 21.4. The van der Waals surface area contributed by atoms with Gasteiger partial charge in [0.15, 0.2) is 0 Å². The quantitative estimate of drug-likeness (QED) is 0.403. The van der Waals surface area contributed by atoms with Crippen molar-refractivity contribution in [3.8, 4) is 0 Å². The number of carboxylic acid groups (broad SMARTS) is 1. The summed E-state index contributed by atoms with van der Waals surface area (Å²) < 4.78 is 5.08. The second-order valence-electron chi connectivity index (χ2n) is 4.26. The smallest absolute Gasteiger partial charge is 0.317 e. The van der Waals surface area contributed by atoms with Crippen molar-refractivity contribution in [3.05, 3.63) is 0 Å². The average Bonchev–Trinajstić information content (AvgIpc) is 2.00. The molecule has 0 radical (unpaired) electrons. The van der Waals surface area contributed by atoms with Crippen LogP contribution >= 0.6 is 0 Å². The van der Waals surface area contributed by atoms with Gasteiger partial charge in [0.25, 0.3) is 0 Å². The summed E-state index contributed by atoms with van der Waals surface area (Å²) in [7, 11) is 0. The van der Waals surface area contributed by atoms with Crippen molar-refractivity contribution in [2.75, 3.05) is 0 Å². The van der Waals surface area contributed by atoms with Crippen molar-refractivity contribution in [2.24, 2.45) is 0 Å². The molecule has 0 fully saturated rings. The van der Waals surface area contributed by atoms with E-state index in [0.717, 1.165) is 25.7 Å². The van der Waals surface area contributed by atoms with Crippen LogP contribution in [0.2, 0.25) is 0 Å². The standard InChI is InChI=1S/C11H20O4/c1-4-5-6-7-11(2,3)15-10(14)8-9(12)13/h4-8H2,1-3H3,(H,12,13). The van der Waals surface area contributed by atoms with Crippen LogP contribution in [0.25, 0.3) is 0 Å². The fourth-order valence-corrected chi connectivity index (χ4v) is 1.32. The maximum absolute atomic E-state index is 11.1. The molecule has 15 heavy (non-hydrogen) atoms. The predicted molar refractivity (Wildman–Crippen MR) is 56.6 cm³/mol. The molecule has 0 unspecified atom stereocenters. The summed E-state index contributed by atoms with van der Waals surface area (Å²) >= 11 is 0. The Morgan fingerprint density at radius 2 is 1.87 bits per heavy atom. The number of esters is 1. The van der Waals surface area contributed by atoms with Crippen LogP contribution in [-0.4, -0.2) is 22.6 Å². The van der Waals surface area contributed by atoms with Crippen molar-refractivity contribution in [1.29, 1.82) is 0 Å². The number of hydrogen-bond acceptors (Lipinski definition) is 3. The summed E-state index contributed by atoms with van der Waals surface area (Å²) in [6.07, 6.45) is 3.41. The zero-order valence-electron chi connectivity index (χ0n) is 9.71. The number of carbonyl (C=O) groups excluding carboxylic acids is 1. The van der Waals surface area contributed by atoms with Crippen molar-refractivity contribution in [1.82, 2.24) is 0 Å². The second-order valence-corrected chi connectivity index (χ2v) is 4.26. The van der Waals surface area contributed by atoms with E-state index >= 15 is 0 Å². The van der Waals surface area contributed by atoms with Gasteiger partial charge < -0.3 is 9.84 Å². The minimum absolute atomic E-state index is 0.554. The molecule has 0 rings (SSSR count). The van der Waals surface area contributed by atoms with E-state index in [4.69, 9.17) is 9.84 Å². The Labute approximate surface area is 90.6 Å². The molecule has 0 aromatic heterocycles. The van der Waals surface area contributed by atoms with Crippen molar-refractivity contribution < 1.29 is 19.4 Å². The maximum atomic E-state index is 11.1. The first kappa shape index (κ1) is 13.9. The molecule has 4 heteroatoms. The Bertz CT molecular complexity index is 221. The first-order chi connectivity index (χ1) is 6.87. The fraction of sp³-hybridized carbons (Fsp3) is 0.818. The molecule has 0 amide bonds. The summed E-state index contributed by atoms with van der Waals surface area (Å²) in [6, 6.07) is 0. The van der Waals surface area contributed by atoms with Crippen LogP contribution < -0.4 is 0 Å². The molecular weight excluding hydrogens is 196 g/mol. The first-order valence-corrected chi connectivity index (χ1v) is 5.31. The molecule has 1 N–H and O–H groups in total. The van der Waals surface area contributed by atoms with E-state index in [1.807, 2.05) is 13.8 Å². The lowest BCUT2D eigenvalue weighted by Crippen LogP contribution is -2.29. The molecule has 0 aliphatic carbocycles. The van der Waals surface area contributed by atoms with Crippen LogP contribution in [0.1, 0.15) is 52.9 Å². The molecule has 0 aromatic rings. The molecule has 0 atom stereocenters. The number of aliphatic carboxylic acids is 1. The van der Waals surface area contributed by atoms with Gasteiger partial charge in [-0.25, -0.2) is 0 Å². The van der Waals surface area contributed by atoms with E-state index in [1.165, 1.54) is 0 Å². The normalized spacial score (nSPS) is 11.1. The first-order valence-electron chi connectivity index (χ1n) is 5.31. The van der Waals surface area contributed by atoms with Gasteiger partial charge in [0.05, 0.1) is 0 Å². The van der Waals surface area contributed by atoms with Gasteiger partial charge in [-0.1, -0.05) is 19.8 Å². The highest BCUT2D eigenvalue weighted by molar-refractivity contribution is 5.90. The molecule has 4 nitrogen and oxygen atoms in total. The largest absolute Gasteiger partial charge is 0.481 e. The Morgan fingerprint density at radius 3 is 2.33 bits per heavy atom. The van der Waals surface area contributed by atoms with E-state index in [0.29, 0.717) is 0 Å². The molecular formula is C11H20O4. The highest BCUT2D eigenvalue weighted by atomic mass is 16.6. The highest BCUT2D eigenvalue weighted by Crippen LogP contribution is 2.19. The van der Waals surface area contributed by atoms with E-state index in [9.17, 15) is 9.59 Å². The lowest BCUT2D eigenvalue weighted by Gasteiger charge is -2.24. The van der Waals surface area contributed by atoms with E-state index < -0.39 is 24.0 Å². The van der Waals surface area contributed by atoms with E-state index in [2.05, 4.69) is 6.92 Å². The van der Waals surface area contributed by atoms with Crippen LogP contribution in [-0.2, 0) is 14.3 Å². The molecule has 0 aliphatic heterocycles. The third-order valence-corrected chi connectivity index (χ3v) is 2.07. The van der Waals surface area contributed by atoms with Gasteiger partial charge in [0.2, 0.25) is 0 Å². The van der Waals surface area contributed by atoms with Crippen LogP contribution in [0.3, 0.4) is 0 Å². The van der Waals surface area contributed by atoms with Crippen molar-refractivity contribution in [2.45, 2.75) is 58.5 Å². The van der Waals surface area contributed by atoms with Gasteiger partial charge in [-0.15, -0.1) is 0 Å². The Hall–Kier alpha value is -1.06. The van der Waals surface area contributed by atoms with Crippen LogP contribution in [0.4, 0.5) is 0 Å². The number of carboxylic acids is 1. The lowest BCUT2D eigenvalue weighted by molar-refractivity contribution is -0.161. The van der Waals surface area contributed by atoms with Crippen LogP contribution in [0.15, 0.2) is 0 Å². The maximum Gasteiger partial charge on any atom is 0.317 e. The van der Waals surface area contributed by atoms with Crippen LogP contribution in [0, 0.1) is 0 Å². The lowest BCUT2D eigenvalue weighted by atomic mass is 10.0. The topological polar surface area (TPSA) is 63.6 Å². The number of ether oxygens (including phenoxy) is 1. The SMILES string of the molecule is CCCCCC(C)(C)OC(=O)CC(=O)O. The second kappa shape index (κ2) is 6.43. The molecule has 88 valence electrons. The van der Waals surface area contributed by atoms with Gasteiger partial charge in [-0.05, 0) is 26.7 Å². The minimum atomic E-state index is -1.15. The third-order valence-electron chi connectivity index (χ3n) is 2.07. The Balaban J connectivity index is 3.90. The van der Waals surface area contributed by atoms with Crippen molar-refractivity contribution in [3.63, 3.8) is 0 Å². The minimum Gasteiger partial charge on any atom is -0.481 e. The third kappa shape index (κ3) is 7.97. The summed E-state index contributed by atoms with van der Waals surface area (Å²) in [5.74, 6) is -1.81. The molecule has 0 bridgehead atoms. The van der Waals surface area contributed by atoms with Gasteiger partial charge >= 0.3 is 11.9 Å². The number of hydrogen-bond donors (Lipinski definition) is 1. The summed E-state index contributed by atoms with van der Waals surface area (Å²) in [6.45, 7) is 5.72. The molecule has 0 aliphatic rings. The van der Waals surface area contributed by atoms with Crippen molar-refractivity contribution >= 4 is 11.9 Å². The molecule has 0 saturated carbocycles. The molecule has 0 heterocycles. The predicted octanol–water partition coefficient (Wildman–Crippen LogP) is 2.36. The van der Waals surface area contributed by atoms with E-state index in [-0.39, 0.29) is 0 Å². The zero-order chi connectivity index (χ0) is 11.9. The summed E-state index contributed by atoms with van der Waals surface area (Å²) in [5.41, 5.74) is -0.554. The van der Waals surface area contributed by atoms with Gasteiger partial charge in [-0.2, -0.15) is 0 Å². The molecule has 0 saturated heterocycles. The highest BCUT2D eigenvalue weighted by Gasteiger charge is 2.23. The van der Waals surface area contributed by atoms with E-state index in [1.54, 1.807) is 0 Å². The fourth-order valence-electron chi connectivity index (χ4n) is 1.32. The summed E-state index contributed by atoms with van der Waals surface area (Å²) in [5, 5.41) is 8.39. The molecule has 0 aromatic carbocycles. The Morgan fingerprint density at radius 1 is 1.27 bits per heavy atom. The Kier molecular flexibility index (Phi) is 5.97. The number of rotatable bonds is 7. The molecule has 0 spiro atoms. The number of carbonyl (C=O) groups is 2. The van der Waals surface area contributed by atoms with Gasteiger partial charge in [-0.3, -0.25) is 9.59 Å².